The minimum absolute atomic E-state index is 0.182. The lowest BCUT2D eigenvalue weighted by Gasteiger charge is -2.10. The second-order valence-corrected chi connectivity index (χ2v) is 14.5. The highest BCUT2D eigenvalue weighted by Crippen LogP contribution is 2.32. The van der Waals surface area contributed by atoms with E-state index in [1.165, 1.54) is 32.5 Å². The number of hydrogen-bond acceptors (Lipinski definition) is 8. The molecule has 0 radical (unpaired) electrons. The number of nitrogens with zero attached hydrogens (tertiary/aromatic N) is 6. The van der Waals surface area contributed by atoms with Gasteiger partial charge in [-0.1, -0.05) is 94.8 Å². The molecule has 0 spiro atoms. The molecule has 8 nitrogen and oxygen atoms in total. The summed E-state index contributed by atoms with van der Waals surface area (Å²) in [7, 11) is -1.58. The lowest BCUT2D eigenvalue weighted by Crippen LogP contribution is -2.30. The molecule has 0 atom stereocenters. The van der Waals surface area contributed by atoms with Crippen molar-refractivity contribution in [2.45, 2.75) is 19.2 Å². The highest BCUT2D eigenvalue weighted by molar-refractivity contribution is 14.1. The van der Waals surface area contributed by atoms with E-state index in [2.05, 4.69) is 86.6 Å². The first-order chi connectivity index (χ1) is 28.5. The minimum Gasteiger partial charge on any atom is -0.423 e. The van der Waals surface area contributed by atoms with Gasteiger partial charge in [-0.25, -0.2) is 15.0 Å². The van der Waals surface area contributed by atoms with Crippen molar-refractivity contribution in [1.82, 2.24) is 29.9 Å². The first-order valence-corrected chi connectivity index (χ1v) is 20.2. The number of halogens is 5. The van der Waals surface area contributed by atoms with Gasteiger partial charge in [-0.2, -0.15) is 13.2 Å². The number of hydrogen-bond donors (Lipinski definition) is 2. The lowest BCUT2D eigenvalue weighted by molar-refractivity contribution is 0.425. The van der Waals surface area contributed by atoms with Crippen molar-refractivity contribution in [3.8, 4) is 22.3 Å². The van der Waals surface area contributed by atoms with Crippen LogP contribution in [0.5, 0.6) is 0 Å². The number of rotatable bonds is 4. The van der Waals surface area contributed by atoms with E-state index in [4.69, 9.17) is 10.0 Å². The fourth-order valence-corrected chi connectivity index (χ4v) is 7.13. The van der Waals surface area contributed by atoms with Crippen molar-refractivity contribution in [1.29, 1.82) is 0 Å². The van der Waals surface area contributed by atoms with Crippen LogP contribution in [0.15, 0.2) is 146 Å². The molecule has 0 amide bonds. The molecular formula is C45H34BBrF3IN6O2. The number of alkyl halides is 1. The largest absolute Gasteiger partial charge is 0.490 e. The van der Waals surface area contributed by atoms with Crippen LogP contribution in [0.2, 0.25) is 0 Å². The predicted octanol–water partition coefficient (Wildman–Crippen LogP) is 10.1. The number of fused-ring (bicyclic) bond motifs is 3. The average molecular weight is 965 g/mol. The summed E-state index contributed by atoms with van der Waals surface area (Å²) in [6, 6.07) is 32.9. The van der Waals surface area contributed by atoms with Crippen molar-refractivity contribution in [2.75, 3.05) is 0 Å². The second kappa shape index (κ2) is 20.3. The minimum atomic E-state index is -1.58. The molecule has 59 heavy (non-hydrogen) atoms. The quantitative estimate of drug-likeness (QED) is 0.0775. The Morgan fingerprint density at radius 1 is 0.508 bits per heavy atom. The zero-order valence-electron chi connectivity index (χ0n) is 31.6. The molecule has 0 aliphatic rings. The molecule has 14 heteroatoms. The van der Waals surface area contributed by atoms with Gasteiger partial charge >= 0.3 is 7.12 Å². The van der Waals surface area contributed by atoms with E-state index in [0.717, 1.165) is 73.1 Å². The highest BCUT2D eigenvalue weighted by Gasteiger charge is 2.12. The van der Waals surface area contributed by atoms with E-state index in [1.807, 2.05) is 87.0 Å². The van der Waals surface area contributed by atoms with Gasteiger partial charge in [0.2, 0.25) is 17.8 Å². The molecule has 0 unspecified atom stereocenters. The molecule has 9 rings (SSSR count). The molecule has 6 heterocycles. The van der Waals surface area contributed by atoms with E-state index in [0.29, 0.717) is 5.33 Å². The van der Waals surface area contributed by atoms with Crippen LogP contribution in [0.3, 0.4) is 0 Å². The van der Waals surface area contributed by atoms with Crippen LogP contribution in [-0.4, -0.2) is 47.1 Å². The van der Waals surface area contributed by atoms with Crippen LogP contribution < -0.4 is 5.46 Å². The summed E-state index contributed by atoms with van der Waals surface area (Å²) in [5, 5.41) is 24.5. The van der Waals surface area contributed by atoms with E-state index in [9.17, 15) is 13.2 Å². The molecule has 0 bridgehead atoms. The van der Waals surface area contributed by atoms with Crippen LogP contribution in [0.1, 0.15) is 17.1 Å². The van der Waals surface area contributed by atoms with Gasteiger partial charge in [0.25, 0.3) is 0 Å². The Morgan fingerprint density at radius 2 is 0.949 bits per heavy atom. The van der Waals surface area contributed by atoms with Crippen molar-refractivity contribution in [3.05, 3.63) is 185 Å². The smallest absolute Gasteiger partial charge is 0.423 e. The maximum Gasteiger partial charge on any atom is 0.490 e. The van der Waals surface area contributed by atoms with Crippen molar-refractivity contribution >= 4 is 83.4 Å². The summed E-state index contributed by atoms with van der Waals surface area (Å²) in [5.74, 6) is -1.58. The Balaban J connectivity index is 0.000000137. The van der Waals surface area contributed by atoms with Gasteiger partial charge in [0, 0.05) is 95.7 Å². The van der Waals surface area contributed by atoms with Gasteiger partial charge in [-0.15, -0.1) is 0 Å². The maximum absolute atomic E-state index is 13.0. The van der Waals surface area contributed by atoms with Crippen LogP contribution >= 0.6 is 38.5 Å². The van der Waals surface area contributed by atoms with Crippen LogP contribution in [0.25, 0.3) is 54.6 Å². The van der Waals surface area contributed by atoms with Gasteiger partial charge in [-0.05, 0) is 82.9 Å². The molecule has 0 fully saturated rings. The first kappa shape index (κ1) is 42.9. The third-order valence-corrected chi connectivity index (χ3v) is 10.9. The van der Waals surface area contributed by atoms with Gasteiger partial charge in [0.15, 0.2) is 0 Å². The summed E-state index contributed by atoms with van der Waals surface area (Å²) < 4.78 is 39.2. The average Bonchev–Trinajstić information content (AvgIpc) is 3.26. The number of benzene rings is 3. The maximum atomic E-state index is 13.0. The van der Waals surface area contributed by atoms with Crippen molar-refractivity contribution in [3.63, 3.8) is 0 Å². The topological polar surface area (TPSA) is 118 Å². The Bertz CT molecular complexity index is 2820. The van der Waals surface area contributed by atoms with Crippen LogP contribution in [-0.2, 0) is 5.33 Å². The fraction of sp³-hybridized carbons (Fsp3) is 0.0667. The first-order valence-electron chi connectivity index (χ1n) is 18.0. The summed E-state index contributed by atoms with van der Waals surface area (Å²) in [5.41, 5.74) is 6.91. The zero-order valence-corrected chi connectivity index (χ0v) is 35.4. The number of pyridine rings is 6. The van der Waals surface area contributed by atoms with E-state index >= 15 is 0 Å². The predicted molar refractivity (Wildman–Crippen MR) is 240 cm³/mol. The summed E-state index contributed by atoms with van der Waals surface area (Å²) >= 11 is 5.79. The molecule has 0 saturated heterocycles. The third-order valence-electron chi connectivity index (χ3n) is 8.99. The summed E-state index contributed by atoms with van der Waals surface area (Å²) in [6.07, 6.45) is 9.79. The molecule has 294 valence electrons. The molecule has 0 aliphatic carbocycles. The Hall–Kier alpha value is -5.68. The van der Waals surface area contributed by atoms with Crippen molar-refractivity contribution in [2.24, 2.45) is 0 Å². The monoisotopic (exact) mass is 964 g/mol. The van der Waals surface area contributed by atoms with Crippen LogP contribution in [0, 0.1) is 35.3 Å². The third kappa shape index (κ3) is 10.9. The highest BCUT2D eigenvalue weighted by atomic mass is 127. The normalized spacial score (nSPS) is 10.5. The molecular weight excluding hydrogens is 931 g/mol. The van der Waals surface area contributed by atoms with Gasteiger partial charge in [0.05, 0.1) is 11.4 Å². The van der Waals surface area contributed by atoms with Crippen molar-refractivity contribution < 1.29 is 23.2 Å². The van der Waals surface area contributed by atoms with E-state index in [1.54, 1.807) is 24.5 Å². The summed E-state index contributed by atoms with van der Waals surface area (Å²) in [6.45, 7) is 3.99. The van der Waals surface area contributed by atoms with Gasteiger partial charge in [0.1, 0.15) is 0 Å². The molecule has 0 saturated carbocycles. The second-order valence-electron chi connectivity index (χ2n) is 12.9. The Labute approximate surface area is 360 Å². The van der Waals surface area contributed by atoms with E-state index in [-0.39, 0.29) is 5.46 Å². The fourth-order valence-electron chi connectivity index (χ4n) is 6.07. The molecule has 0 aliphatic heterocycles. The number of aryl methyl sites for hydroxylation is 2. The SMILES string of the molecule is Cc1ncc2ccccc2c1-c1ccc(F)nc1.Cc1ncc2ccccc2c1I.Fc1ccc(-c2c(CBr)ncc3ccccc23)cn1.OB(O)c1ccc(F)nc1. The number of aromatic nitrogens is 6. The molecule has 6 aromatic heterocycles. The Morgan fingerprint density at radius 3 is 1.44 bits per heavy atom. The zero-order chi connectivity index (χ0) is 41.9. The summed E-state index contributed by atoms with van der Waals surface area (Å²) in [4.78, 5) is 23.8. The van der Waals surface area contributed by atoms with Crippen LogP contribution in [0.4, 0.5) is 13.2 Å². The molecule has 9 aromatic rings. The standard InChI is InChI=1S/C15H10BrFN2.C15H11FN2.C10H8IN.C5H5BFNO2/c16-7-13-15(11-5-6-14(17)19-9-11)12-4-2-1-3-10(12)8-18-13;1-10-15(12-6-7-14(16)18-9-12)13-5-3-2-4-11(13)8-17-10;1-7-10(11)9-5-3-2-4-8(9)6-12-7;7-5-2-1-4(3-8-5)6(9)10/h1-6,8-9H,7H2;2-9H,1H3;2-6H,1H3;1-3,9-10H. The molecule has 3 aromatic carbocycles. The lowest BCUT2D eigenvalue weighted by atomic mass is 9.82. The van der Waals surface area contributed by atoms with Gasteiger partial charge in [-0.3, -0.25) is 15.0 Å². The van der Waals surface area contributed by atoms with E-state index < -0.39 is 25.0 Å². The Kier molecular flexibility index (Phi) is 14.8. The van der Waals surface area contributed by atoms with Gasteiger partial charge < -0.3 is 10.0 Å². The molecule has 2 N–H and O–H groups in total.